The maximum Gasteiger partial charge on any atom is 0.305 e. The maximum atomic E-state index is 12.2. The fraction of sp³-hybridized carbons (Fsp3) is 0.643. The summed E-state index contributed by atoms with van der Waals surface area (Å²) in [7, 11) is 0. The second kappa shape index (κ2) is 5.26. The second-order valence-electron chi connectivity index (χ2n) is 6.08. The highest BCUT2D eigenvalue weighted by atomic mass is 16.4. The van der Waals surface area contributed by atoms with Gasteiger partial charge in [0.05, 0.1) is 12.0 Å². The van der Waals surface area contributed by atoms with Gasteiger partial charge in [-0.15, -0.1) is 0 Å². The van der Waals surface area contributed by atoms with E-state index < -0.39 is 11.5 Å². The van der Waals surface area contributed by atoms with E-state index in [9.17, 15) is 9.59 Å². The molecule has 110 valence electrons. The highest BCUT2D eigenvalue weighted by molar-refractivity contribution is 5.93. The smallest absolute Gasteiger partial charge is 0.305 e. The van der Waals surface area contributed by atoms with Crippen molar-refractivity contribution in [3.05, 3.63) is 17.5 Å². The van der Waals surface area contributed by atoms with Crippen molar-refractivity contribution in [1.29, 1.82) is 0 Å². The van der Waals surface area contributed by atoms with Crippen molar-refractivity contribution in [3.8, 4) is 0 Å². The minimum Gasteiger partial charge on any atom is -0.481 e. The second-order valence-corrected chi connectivity index (χ2v) is 6.08. The zero-order valence-corrected chi connectivity index (χ0v) is 12.1. The number of aromatic nitrogens is 2. The molecule has 20 heavy (non-hydrogen) atoms. The number of carbonyl (C=O) groups excluding carboxylic acids is 1. The highest BCUT2D eigenvalue weighted by Gasteiger charge is 2.34. The molecular weight excluding hydrogens is 258 g/mol. The lowest BCUT2D eigenvalue weighted by atomic mass is 9.85. The molecule has 1 unspecified atom stereocenters. The van der Waals surface area contributed by atoms with E-state index in [-0.39, 0.29) is 18.2 Å². The van der Waals surface area contributed by atoms with Crippen LogP contribution in [0.1, 0.15) is 62.1 Å². The van der Waals surface area contributed by atoms with E-state index in [1.54, 1.807) is 13.0 Å². The molecule has 0 aromatic carbocycles. The Kier molecular flexibility index (Phi) is 3.83. The van der Waals surface area contributed by atoms with Gasteiger partial charge in [0, 0.05) is 11.6 Å². The SMILES string of the molecule is CC(C)C(C)(CC(=O)O)NC(=O)c1cc(C2CC2)[nH]n1. The predicted octanol–water partition coefficient (Wildman–Crippen LogP) is 1.91. The summed E-state index contributed by atoms with van der Waals surface area (Å²) in [6.07, 6.45) is 2.15. The van der Waals surface area contributed by atoms with Gasteiger partial charge in [0.25, 0.3) is 5.91 Å². The van der Waals surface area contributed by atoms with Crippen LogP contribution in [0.4, 0.5) is 0 Å². The van der Waals surface area contributed by atoms with Crippen LogP contribution in [-0.2, 0) is 4.79 Å². The lowest BCUT2D eigenvalue weighted by molar-refractivity contribution is -0.138. The van der Waals surface area contributed by atoms with Crippen LogP contribution in [0.5, 0.6) is 0 Å². The molecule has 1 atom stereocenters. The summed E-state index contributed by atoms with van der Waals surface area (Å²) in [6.45, 7) is 5.53. The third-order valence-corrected chi connectivity index (χ3v) is 4.04. The third-order valence-electron chi connectivity index (χ3n) is 4.04. The monoisotopic (exact) mass is 279 g/mol. The fourth-order valence-corrected chi connectivity index (χ4v) is 2.09. The molecule has 0 saturated heterocycles. The van der Waals surface area contributed by atoms with Gasteiger partial charge in [-0.3, -0.25) is 14.7 Å². The summed E-state index contributed by atoms with van der Waals surface area (Å²) < 4.78 is 0. The first-order valence-corrected chi connectivity index (χ1v) is 6.91. The summed E-state index contributed by atoms with van der Waals surface area (Å²) in [5.74, 6) is -0.753. The molecule has 1 aromatic rings. The lowest BCUT2D eigenvalue weighted by Crippen LogP contribution is -2.51. The molecule has 1 amide bonds. The van der Waals surface area contributed by atoms with Gasteiger partial charge in [0.1, 0.15) is 5.69 Å². The molecule has 2 rings (SSSR count). The number of hydrogen-bond donors (Lipinski definition) is 3. The Morgan fingerprint density at radius 2 is 2.20 bits per heavy atom. The third kappa shape index (κ3) is 3.18. The van der Waals surface area contributed by atoms with Crippen LogP contribution in [0.15, 0.2) is 6.07 Å². The number of aromatic amines is 1. The molecule has 1 heterocycles. The molecule has 0 aliphatic heterocycles. The molecule has 6 nitrogen and oxygen atoms in total. The Labute approximate surface area is 118 Å². The van der Waals surface area contributed by atoms with Crippen LogP contribution in [0, 0.1) is 5.92 Å². The van der Waals surface area contributed by atoms with Crippen molar-refractivity contribution in [2.45, 2.75) is 51.5 Å². The van der Waals surface area contributed by atoms with Crippen LogP contribution in [0.25, 0.3) is 0 Å². The topological polar surface area (TPSA) is 95.1 Å². The molecule has 1 aromatic heterocycles. The Balaban J connectivity index is 2.08. The lowest BCUT2D eigenvalue weighted by Gasteiger charge is -2.33. The summed E-state index contributed by atoms with van der Waals surface area (Å²) in [5.41, 5.74) is 0.519. The van der Waals surface area contributed by atoms with Crippen molar-refractivity contribution in [1.82, 2.24) is 15.5 Å². The quantitative estimate of drug-likeness (QED) is 0.741. The number of rotatable bonds is 6. The predicted molar refractivity (Wildman–Crippen MR) is 73.5 cm³/mol. The van der Waals surface area contributed by atoms with Gasteiger partial charge in [-0.05, 0) is 31.7 Å². The summed E-state index contributed by atoms with van der Waals surface area (Å²) in [4.78, 5) is 23.2. The Morgan fingerprint density at radius 3 is 2.70 bits per heavy atom. The Bertz CT molecular complexity index is 519. The zero-order chi connectivity index (χ0) is 14.9. The summed E-state index contributed by atoms with van der Waals surface area (Å²) >= 11 is 0. The average Bonchev–Trinajstić information content (AvgIpc) is 3.05. The summed E-state index contributed by atoms with van der Waals surface area (Å²) in [5, 5.41) is 18.7. The van der Waals surface area contributed by atoms with Crippen LogP contribution < -0.4 is 5.32 Å². The van der Waals surface area contributed by atoms with Crippen LogP contribution in [0.2, 0.25) is 0 Å². The molecule has 1 aliphatic rings. The number of carboxylic acids is 1. The largest absolute Gasteiger partial charge is 0.481 e. The van der Waals surface area contributed by atoms with E-state index in [0.29, 0.717) is 11.6 Å². The van der Waals surface area contributed by atoms with Crippen molar-refractivity contribution in [2.24, 2.45) is 5.92 Å². The van der Waals surface area contributed by atoms with Gasteiger partial charge in [-0.2, -0.15) is 5.10 Å². The molecular formula is C14H21N3O3. The van der Waals surface area contributed by atoms with Crippen molar-refractivity contribution < 1.29 is 14.7 Å². The molecule has 3 N–H and O–H groups in total. The molecule has 1 saturated carbocycles. The highest BCUT2D eigenvalue weighted by Crippen LogP contribution is 2.39. The maximum absolute atomic E-state index is 12.2. The number of aliphatic carboxylic acids is 1. The van der Waals surface area contributed by atoms with E-state index >= 15 is 0 Å². The number of carboxylic acid groups (broad SMARTS) is 1. The van der Waals surface area contributed by atoms with E-state index in [1.807, 2.05) is 13.8 Å². The molecule has 0 spiro atoms. The number of carbonyl (C=O) groups is 2. The zero-order valence-electron chi connectivity index (χ0n) is 12.1. The van der Waals surface area contributed by atoms with Crippen LogP contribution in [-0.4, -0.2) is 32.7 Å². The average molecular weight is 279 g/mol. The number of nitrogens with one attached hydrogen (secondary N) is 2. The van der Waals surface area contributed by atoms with E-state index in [2.05, 4.69) is 15.5 Å². The number of H-pyrrole nitrogens is 1. The summed E-state index contributed by atoms with van der Waals surface area (Å²) in [6, 6.07) is 1.76. The van der Waals surface area contributed by atoms with E-state index in [4.69, 9.17) is 5.11 Å². The Morgan fingerprint density at radius 1 is 1.55 bits per heavy atom. The van der Waals surface area contributed by atoms with Gasteiger partial charge in [-0.25, -0.2) is 0 Å². The van der Waals surface area contributed by atoms with Crippen LogP contribution >= 0.6 is 0 Å². The molecule has 1 fully saturated rings. The molecule has 1 aliphatic carbocycles. The van der Waals surface area contributed by atoms with Crippen molar-refractivity contribution in [3.63, 3.8) is 0 Å². The Hall–Kier alpha value is -1.85. The van der Waals surface area contributed by atoms with Crippen LogP contribution in [0.3, 0.4) is 0 Å². The first-order valence-electron chi connectivity index (χ1n) is 6.91. The van der Waals surface area contributed by atoms with E-state index in [1.165, 1.54) is 0 Å². The fourth-order valence-electron chi connectivity index (χ4n) is 2.09. The van der Waals surface area contributed by atoms with Gasteiger partial charge in [0.2, 0.25) is 0 Å². The molecule has 6 heteroatoms. The van der Waals surface area contributed by atoms with Gasteiger partial charge in [-0.1, -0.05) is 13.8 Å². The standard InChI is InChI=1S/C14H21N3O3/c1-8(2)14(3,7-12(18)19)15-13(20)11-6-10(16-17-11)9-4-5-9/h6,8-9H,4-5,7H2,1-3H3,(H,15,20)(H,16,17)(H,18,19). The number of nitrogens with zero attached hydrogens (tertiary/aromatic N) is 1. The number of hydrogen-bond acceptors (Lipinski definition) is 3. The van der Waals surface area contributed by atoms with Gasteiger partial charge < -0.3 is 10.4 Å². The first kappa shape index (κ1) is 14.6. The minimum absolute atomic E-state index is 0.00407. The van der Waals surface area contributed by atoms with Gasteiger partial charge >= 0.3 is 5.97 Å². The van der Waals surface area contributed by atoms with E-state index in [0.717, 1.165) is 18.5 Å². The minimum atomic E-state index is -0.929. The molecule has 0 bridgehead atoms. The normalized spacial score (nSPS) is 17.8. The van der Waals surface area contributed by atoms with Crippen molar-refractivity contribution in [2.75, 3.05) is 0 Å². The van der Waals surface area contributed by atoms with Crippen molar-refractivity contribution >= 4 is 11.9 Å². The van der Waals surface area contributed by atoms with Gasteiger partial charge in [0.15, 0.2) is 0 Å². The number of amides is 1. The first-order chi connectivity index (χ1) is 9.32. The molecule has 0 radical (unpaired) electrons.